The topological polar surface area (TPSA) is 35.7 Å². The second-order valence-corrected chi connectivity index (χ2v) is 3.15. The normalized spacial score (nSPS) is 17.0. The summed E-state index contributed by atoms with van der Waals surface area (Å²) in [5, 5.41) is 3.51. The molecule has 0 aliphatic carbocycles. The van der Waals surface area contributed by atoms with Crippen molar-refractivity contribution in [2.75, 3.05) is 0 Å². The zero-order valence-corrected chi connectivity index (χ0v) is 7.17. The number of alkyl halides is 3. The average Bonchev–Trinajstić information content (AvgIpc) is 2.76. The molecule has 2 aliphatic heterocycles. The number of nitrogens with zero attached hydrogens (tertiary/aromatic N) is 2. The number of oxime groups is 1. The van der Waals surface area contributed by atoms with Crippen molar-refractivity contribution >= 4 is 11.7 Å². The maximum absolute atomic E-state index is 12.6. The number of fused-ring (bicyclic) bond motifs is 4. The predicted molar refractivity (Wildman–Crippen MR) is 45.3 cm³/mol. The molecule has 1 aromatic rings. The van der Waals surface area contributed by atoms with Gasteiger partial charge in [0.15, 0.2) is 5.16 Å². The molecule has 2 bridgehead atoms. The van der Waals surface area contributed by atoms with Crippen LogP contribution in [-0.2, 0) is 11.0 Å². The van der Waals surface area contributed by atoms with Gasteiger partial charge in [-0.3, -0.25) is 0 Å². The van der Waals surface area contributed by atoms with Crippen LogP contribution in [0.2, 0.25) is 0 Å². The summed E-state index contributed by atoms with van der Waals surface area (Å²) in [6.45, 7) is 0. The SMILES string of the molecule is FC(F)(F)c1cccc2c1C1=NC2=[N+]O1. The van der Waals surface area contributed by atoms with Crippen LogP contribution in [0.3, 0.4) is 0 Å². The Morgan fingerprint density at radius 1 is 1.27 bits per heavy atom. The molecule has 0 spiro atoms. The summed E-state index contributed by atoms with van der Waals surface area (Å²) >= 11 is 0. The van der Waals surface area contributed by atoms with Crippen molar-refractivity contribution in [2.45, 2.75) is 6.18 Å². The van der Waals surface area contributed by atoms with Crippen molar-refractivity contribution in [3.05, 3.63) is 34.9 Å². The molecule has 0 N–H and O–H groups in total. The molecule has 75 valence electrons. The van der Waals surface area contributed by atoms with E-state index in [9.17, 15) is 13.2 Å². The molecular formula is C9H3F3N2O+. The zero-order valence-electron chi connectivity index (χ0n) is 7.17. The van der Waals surface area contributed by atoms with Crippen LogP contribution in [0.15, 0.2) is 23.2 Å². The summed E-state index contributed by atoms with van der Waals surface area (Å²) in [6.07, 6.45) is -4.40. The lowest BCUT2D eigenvalue weighted by Gasteiger charge is -2.09. The lowest BCUT2D eigenvalue weighted by molar-refractivity contribution is -0.137. The Morgan fingerprint density at radius 2 is 2.07 bits per heavy atom. The summed E-state index contributed by atoms with van der Waals surface area (Å²) in [7, 11) is 0. The van der Waals surface area contributed by atoms with Gasteiger partial charge in [-0.05, 0) is 12.1 Å². The van der Waals surface area contributed by atoms with E-state index in [0.29, 0.717) is 5.56 Å². The number of rotatable bonds is 0. The van der Waals surface area contributed by atoms with Gasteiger partial charge >= 0.3 is 17.9 Å². The van der Waals surface area contributed by atoms with E-state index in [1.54, 1.807) is 6.07 Å². The number of benzene rings is 1. The van der Waals surface area contributed by atoms with Crippen LogP contribution in [0.25, 0.3) is 0 Å². The lowest BCUT2D eigenvalue weighted by atomic mass is 10.0. The van der Waals surface area contributed by atoms with Gasteiger partial charge in [-0.15, -0.1) is 0 Å². The highest BCUT2D eigenvalue weighted by molar-refractivity contribution is 6.22. The van der Waals surface area contributed by atoms with Gasteiger partial charge in [0.1, 0.15) is 0 Å². The Labute approximate surface area is 81.9 Å². The lowest BCUT2D eigenvalue weighted by Crippen LogP contribution is -2.19. The monoisotopic (exact) mass is 212 g/mol. The Hall–Kier alpha value is -1.85. The molecule has 2 heterocycles. The zero-order chi connectivity index (χ0) is 10.6. The Kier molecular flexibility index (Phi) is 1.35. The molecule has 0 aromatic heterocycles. The number of halogens is 3. The second kappa shape index (κ2) is 2.39. The first-order valence-electron chi connectivity index (χ1n) is 4.12. The Balaban J connectivity index is 2.29. The van der Waals surface area contributed by atoms with Crippen molar-refractivity contribution in [1.29, 1.82) is 0 Å². The third-order valence-electron chi connectivity index (χ3n) is 2.25. The summed E-state index contributed by atoms with van der Waals surface area (Å²) in [5.41, 5.74) is -0.357. The molecular weight excluding hydrogens is 209 g/mol. The number of amidine groups is 1. The van der Waals surface area contributed by atoms with Crippen molar-refractivity contribution in [2.24, 2.45) is 4.99 Å². The minimum atomic E-state index is -4.40. The van der Waals surface area contributed by atoms with Gasteiger partial charge in [0, 0.05) is 4.99 Å². The molecule has 3 rings (SSSR count). The molecule has 6 heteroatoms. The van der Waals surface area contributed by atoms with Crippen molar-refractivity contribution < 1.29 is 18.0 Å². The quantitative estimate of drug-likeness (QED) is 0.641. The first-order valence-corrected chi connectivity index (χ1v) is 4.12. The average molecular weight is 212 g/mol. The molecule has 1 radical (unpaired) electrons. The minimum absolute atomic E-state index is 0.00463. The van der Waals surface area contributed by atoms with Crippen molar-refractivity contribution in [3.63, 3.8) is 0 Å². The van der Waals surface area contributed by atoms with Crippen molar-refractivity contribution in [3.8, 4) is 0 Å². The summed E-state index contributed by atoms with van der Waals surface area (Å²) in [4.78, 5) is 8.44. The van der Waals surface area contributed by atoms with E-state index in [2.05, 4.69) is 15.0 Å². The smallest absolute Gasteiger partial charge is 0.208 e. The first-order chi connectivity index (χ1) is 7.07. The van der Waals surface area contributed by atoms with Gasteiger partial charge in [-0.25, -0.2) is 4.84 Å². The van der Waals surface area contributed by atoms with Crippen LogP contribution in [0, 0.1) is 0 Å². The van der Waals surface area contributed by atoms with E-state index >= 15 is 0 Å². The summed E-state index contributed by atoms with van der Waals surface area (Å²) < 4.78 is 37.9. The van der Waals surface area contributed by atoms with Crippen LogP contribution >= 0.6 is 0 Å². The number of hydrogen-bond donors (Lipinski definition) is 0. The molecule has 0 saturated heterocycles. The van der Waals surface area contributed by atoms with E-state index in [1.807, 2.05) is 0 Å². The fraction of sp³-hybridized carbons (Fsp3) is 0.111. The van der Waals surface area contributed by atoms with E-state index < -0.39 is 11.7 Å². The molecule has 0 unspecified atom stereocenters. The number of hydrogen-bond acceptors (Lipinski definition) is 3. The van der Waals surface area contributed by atoms with Gasteiger partial charge in [0.25, 0.3) is 0 Å². The Bertz CT molecular complexity index is 517. The number of aliphatic imine (C=N–C) groups is 1. The van der Waals surface area contributed by atoms with Crippen LogP contribution < -0.4 is 5.16 Å². The predicted octanol–water partition coefficient (Wildman–Crippen LogP) is 1.49. The minimum Gasteiger partial charge on any atom is -0.208 e. The van der Waals surface area contributed by atoms with Crippen LogP contribution in [0.5, 0.6) is 0 Å². The molecule has 0 fully saturated rings. The molecule has 1 aromatic carbocycles. The maximum Gasteiger partial charge on any atom is 0.422 e. The standard InChI is InChI=1S/C9H3F3N2O/c10-9(11,12)5-3-1-2-4-6(5)8-13-7(4)14-15-8/h1-3H/q+1. The fourth-order valence-corrected chi connectivity index (χ4v) is 1.64. The van der Waals surface area contributed by atoms with Gasteiger partial charge in [0.2, 0.25) is 0 Å². The first kappa shape index (κ1) is 8.46. The highest BCUT2D eigenvalue weighted by Gasteiger charge is 2.48. The van der Waals surface area contributed by atoms with Crippen molar-refractivity contribution in [1.82, 2.24) is 5.16 Å². The van der Waals surface area contributed by atoms with Gasteiger partial charge in [-0.1, -0.05) is 6.07 Å². The molecule has 15 heavy (non-hydrogen) atoms. The van der Waals surface area contributed by atoms with E-state index in [4.69, 9.17) is 0 Å². The third kappa shape index (κ3) is 1.01. The van der Waals surface area contributed by atoms with E-state index in [0.717, 1.165) is 6.07 Å². The Morgan fingerprint density at radius 3 is 2.80 bits per heavy atom. The van der Waals surface area contributed by atoms with E-state index in [-0.39, 0.29) is 17.3 Å². The summed E-state index contributed by atoms with van der Waals surface area (Å²) in [5.74, 6) is 0.152. The molecule has 0 atom stereocenters. The van der Waals surface area contributed by atoms with Gasteiger partial charge in [-0.2, -0.15) is 13.2 Å². The van der Waals surface area contributed by atoms with Gasteiger partial charge < -0.3 is 0 Å². The molecule has 0 amide bonds. The molecule has 0 saturated carbocycles. The second-order valence-electron chi connectivity index (χ2n) is 3.15. The van der Waals surface area contributed by atoms with Crippen LogP contribution in [0.1, 0.15) is 16.7 Å². The van der Waals surface area contributed by atoms with Gasteiger partial charge in [0.05, 0.1) is 16.7 Å². The fourth-order valence-electron chi connectivity index (χ4n) is 1.64. The maximum atomic E-state index is 12.6. The van der Waals surface area contributed by atoms with E-state index in [1.165, 1.54) is 6.07 Å². The highest BCUT2D eigenvalue weighted by Crippen LogP contribution is 2.36. The van der Waals surface area contributed by atoms with Crippen LogP contribution in [0.4, 0.5) is 13.2 Å². The third-order valence-corrected chi connectivity index (χ3v) is 2.25. The molecule has 3 nitrogen and oxygen atoms in total. The van der Waals surface area contributed by atoms with Crippen LogP contribution in [-0.4, -0.2) is 11.7 Å². The highest BCUT2D eigenvalue weighted by atomic mass is 19.4. The largest absolute Gasteiger partial charge is 0.422 e. The summed E-state index contributed by atoms with van der Waals surface area (Å²) in [6, 6.07) is 3.88. The molecule has 2 aliphatic rings.